The van der Waals surface area contributed by atoms with Crippen LogP contribution in [-0.2, 0) is 4.79 Å². The second-order valence-corrected chi connectivity index (χ2v) is 5.49. The predicted molar refractivity (Wildman–Crippen MR) is 85.1 cm³/mol. The zero-order valence-electron chi connectivity index (χ0n) is 12.3. The van der Waals surface area contributed by atoms with Gasteiger partial charge in [-0.2, -0.15) is 0 Å². The van der Waals surface area contributed by atoms with Crippen LogP contribution in [0.5, 0.6) is 0 Å². The average Bonchev–Trinajstić information content (AvgIpc) is 2.47. The number of halogens is 1. The van der Waals surface area contributed by atoms with Crippen molar-refractivity contribution in [1.29, 1.82) is 0 Å². The largest absolute Gasteiger partial charge is 0.339 e. The zero-order valence-corrected chi connectivity index (χ0v) is 13.2. The van der Waals surface area contributed by atoms with Crippen LogP contribution in [0.2, 0.25) is 0 Å². The highest BCUT2D eigenvalue weighted by Crippen LogP contribution is 2.22. The van der Waals surface area contributed by atoms with Crippen LogP contribution in [0, 0.1) is 5.92 Å². The fourth-order valence-corrected chi connectivity index (χ4v) is 2.65. The summed E-state index contributed by atoms with van der Waals surface area (Å²) in [6.45, 7) is 4.20. The van der Waals surface area contributed by atoms with Crippen LogP contribution >= 0.6 is 12.4 Å². The number of piperidine rings is 1. The van der Waals surface area contributed by atoms with Crippen molar-refractivity contribution >= 4 is 18.3 Å². The fourth-order valence-electron chi connectivity index (χ4n) is 2.65. The van der Waals surface area contributed by atoms with Crippen LogP contribution in [0.4, 0.5) is 0 Å². The molecule has 4 heteroatoms. The van der Waals surface area contributed by atoms with Crippen LogP contribution in [0.3, 0.4) is 0 Å². The van der Waals surface area contributed by atoms with Gasteiger partial charge < -0.3 is 10.2 Å². The third-order valence-electron chi connectivity index (χ3n) is 4.18. The van der Waals surface area contributed by atoms with Crippen LogP contribution in [0.1, 0.15) is 37.8 Å². The lowest BCUT2D eigenvalue weighted by Crippen LogP contribution is -2.34. The van der Waals surface area contributed by atoms with Gasteiger partial charge in [0.15, 0.2) is 0 Å². The monoisotopic (exact) mass is 296 g/mol. The van der Waals surface area contributed by atoms with Gasteiger partial charge in [-0.25, -0.2) is 0 Å². The van der Waals surface area contributed by atoms with E-state index >= 15 is 0 Å². The van der Waals surface area contributed by atoms with Crippen molar-refractivity contribution in [1.82, 2.24) is 10.2 Å². The Balaban J connectivity index is 0.00000200. The molecule has 1 heterocycles. The Labute approximate surface area is 128 Å². The summed E-state index contributed by atoms with van der Waals surface area (Å²) in [5.41, 5.74) is 1.20. The van der Waals surface area contributed by atoms with Gasteiger partial charge in [0.2, 0.25) is 5.91 Å². The number of hydrogen-bond acceptors (Lipinski definition) is 2. The molecule has 1 aliphatic heterocycles. The normalized spacial score (nSPS) is 17.1. The van der Waals surface area contributed by atoms with Crippen LogP contribution in [-0.4, -0.2) is 30.9 Å². The molecular formula is C16H25ClN2O. The SMILES string of the molecule is CC(c1ccccc1)N(C)C(=O)CC1CCNCC1.Cl. The molecule has 3 nitrogen and oxygen atoms in total. The second-order valence-electron chi connectivity index (χ2n) is 5.49. The first-order valence-electron chi connectivity index (χ1n) is 7.20. The molecule has 0 radical (unpaired) electrons. The summed E-state index contributed by atoms with van der Waals surface area (Å²) in [4.78, 5) is 14.2. The van der Waals surface area contributed by atoms with Crippen LogP contribution in [0.25, 0.3) is 0 Å². The average molecular weight is 297 g/mol. The molecular weight excluding hydrogens is 272 g/mol. The maximum atomic E-state index is 12.3. The van der Waals surface area contributed by atoms with Gasteiger partial charge >= 0.3 is 0 Å². The summed E-state index contributed by atoms with van der Waals surface area (Å²) in [5.74, 6) is 0.822. The quantitative estimate of drug-likeness (QED) is 0.926. The smallest absolute Gasteiger partial charge is 0.223 e. The van der Waals surface area contributed by atoms with Gasteiger partial charge in [0.25, 0.3) is 0 Å². The third-order valence-corrected chi connectivity index (χ3v) is 4.18. The number of amides is 1. The number of nitrogens with one attached hydrogen (secondary N) is 1. The Bertz CT molecular complexity index is 404. The highest BCUT2D eigenvalue weighted by atomic mass is 35.5. The van der Waals surface area contributed by atoms with Gasteiger partial charge in [0.05, 0.1) is 6.04 Å². The van der Waals surface area contributed by atoms with Crippen LogP contribution < -0.4 is 5.32 Å². The van der Waals surface area contributed by atoms with Gasteiger partial charge in [0.1, 0.15) is 0 Å². The van der Waals surface area contributed by atoms with Gasteiger partial charge in [-0.3, -0.25) is 4.79 Å². The van der Waals surface area contributed by atoms with Gasteiger partial charge in [-0.05, 0) is 44.3 Å². The Hall–Kier alpha value is -1.06. The molecule has 0 bridgehead atoms. The molecule has 1 N–H and O–H groups in total. The number of carbonyl (C=O) groups is 1. The van der Waals surface area contributed by atoms with Gasteiger partial charge in [0, 0.05) is 13.5 Å². The molecule has 0 aromatic heterocycles. The molecule has 20 heavy (non-hydrogen) atoms. The van der Waals surface area contributed by atoms with Crippen molar-refractivity contribution in [3.8, 4) is 0 Å². The third kappa shape index (κ3) is 4.50. The zero-order chi connectivity index (χ0) is 13.7. The highest BCUT2D eigenvalue weighted by molar-refractivity contribution is 5.85. The van der Waals surface area contributed by atoms with Crippen molar-refractivity contribution in [2.24, 2.45) is 5.92 Å². The maximum absolute atomic E-state index is 12.3. The Morgan fingerprint density at radius 2 is 1.90 bits per heavy atom. The molecule has 1 unspecified atom stereocenters. The Morgan fingerprint density at radius 1 is 1.30 bits per heavy atom. The molecule has 1 amide bonds. The van der Waals surface area contributed by atoms with Gasteiger partial charge in [-0.15, -0.1) is 12.4 Å². The number of nitrogens with zero attached hydrogens (tertiary/aromatic N) is 1. The summed E-state index contributed by atoms with van der Waals surface area (Å²) in [5, 5.41) is 3.34. The molecule has 0 aliphatic carbocycles. The van der Waals surface area contributed by atoms with E-state index in [0.717, 1.165) is 25.9 Å². The van der Waals surface area contributed by atoms with E-state index in [1.165, 1.54) is 5.56 Å². The van der Waals surface area contributed by atoms with Crippen molar-refractivity contribution in [3.63, 3.8) is 0 Å². The second kappa shape index (κ2) is 8.28. The van der Waals surface area contributed by atoms with E-state index in [2.05, 4.69) is 24.4 Å². The number of rotatable bonds is 4. The first-order chi connectivity index (χ1) is 9.18. The molecule has 2 rings (SSSR count). The molecule has 1 saturated heterocycles. The molecule has 1 atom stereocenters. The fraction of sp³-hybridized carbons (Fsp3) is 0.562. The number of benzene rings is 1. The minimum Gasteiger partial charge on any atom is -0.339 e. The molecule has 1 aliphatic rings. The summed E-state index contributed by atoms with van der Waals surface area (Å²) >= 11 is 0. The minimum absolute atomic E-state index is 0. The van der Waals surface area contributed by atoms with E-state index in [9.17, 15) is 4.79 Å². The standard InChI is InChI=1S/C16H24N2O.ClH/c1-13(15-6-4-3-5-7-15)18(2)16(19)12-14-8-10-17-11-9-14;/h3-7,13-14,17H,8-12H2,1-2H3;1H. The molecule has 1 aromatic rings. The summed E-state index contributed by atoms with van der Waals surface area (Å²) < 4.78 is 0. The van der Waals surface area contributed by atoms with Crippen molar-refractivity contribution in [3.05, 3.63) is 35.9 Å². The number of hydrogen-bond donors (Lipinski definition) is 1. The summed E-state index contributed by atoms with van der Waals surface area (Å²) in [7, 11) is 1.92. The maximum Gasteiger partial charge on any atom is 0.223 e. The van der Waals surface area contributed by atoms with Gasteiger partial charge in [-0.1, -0.05) is 30.3 Å². The van der Waals surface area contributed by atoms with Crippen molar-refractivity contribution < 1.29 is 4.79 Å². The van der Waals surface area contributed by atoms with E-state index < -0.39 is 0 Å². The first kappa shape index (κ1) is 17.0. The molecule has 0 spiro atoms. The lowest BCUT2D eigenvalue weighted by atomic mass is 9.93. The Kier molecular flexibility index (Phi) is 7.03. The van der Waals surface area contributed by atoms with Crippen LogP contribution in [0.15, 0.2) is 30.3 Å². The summed E-state index contributed by atoms with van der Waals surface area (Å²) in [6, 6.07) is 10.4. The molecule has 1 fully saturated rings. The van der Waals surface area contributed by atoms with E-state index in [-0.39, 0.29) is 24.4 Å². The summed E-state index contributed by atoms with van der Waals surface area (Å²) in [6.07, 6.45) is 2.94. The lowest BCUT2D eigenvalue weighted by molar-refractivity contribution is -0.133. The van der Waals surface area contributed by atoms with E-state index in [1.54, 1.807) is 0 Å². The number of carbonyl (C=O) groups excluding carboxylic acids is 1. The lowest BCUT2D eigenvalue weighted by Gasteiger charge is -2.28. The Morgan fingerprint density at radius 3 is 2.50 bits per heavy atom. The predicted octanol–water partition coefficient (Wildman–Crippen LogP) is 3.02. The molecule has 1 aromatic carbocycles. The highest BCUT2D eigenvalue weighted by Gasteiger charge is 2.22. The first-order valence-corrected chi connectivity index (χ1v) is 7.20. The molecule has 0 saturated carbocycles. The van der Waals surface area contributed by atoms with Crippen molar-refractivity contribution in [2.75, 3.05) is 20.1 Å². The van der Waals surface area contributed by atoms with Crippen molar-refractivity contribution in [2.45, 2.75) is 32.2 Å². The van der Waals surface area contributed by atoms with E-state index in [0.29, 0.717) is 12.3 Å². The van der Waals surface area contributed by atoms with E-state index in [4.69, 9.17) is 0 Å². The molecule has 112 valence electrons. The topological polar surface area (TPSA) is 32.3 Å². The van der Waals surface area contributed by atoms with E-state index in [1.807, 2.05) is 30.1 Å². The minimum atomic E-state index is 0.